The monoisotopic (exact) mass is 245 g/mol. The highest BCUT2D eigenvalue weighted by Gasteiger charge is 2.24. The van der Waals surface area contributed by atoms with Crippen LogP contribution in [-0.4, -0.2) is 18.1 Å². The van der Waals surface area contributed by atoms with Gasteiger partial charge in [-0.1, -0.05) is 0 Å². The van der Waals surface area contributed by atoms with Gasteiger partial charge in [0.2, 0.25) is 0 Å². The van der Waals surface area contributed by atoms with Gasteiger partial charge in [0.15, 0.2) is 4.90 Å². The van der Waals surface area contributed by atoms with Crippen LogP contribution in [0.5, 0.6) is 5.75 Å². The number of alkyl halides is 2. The Kier molecular flexibility index (Phi) is 4.04. The number of benzene rings is 1. The lowest BCUT2D eigenvalue weighted by Crippen LogP contribution is -2.17. The minimum absolute atomic E-state index is 0.249. The van der Waals surface area contributed by atoms with E-state index in [2.05, 4.69) is 4.74 Å². The number of hydrogen-bond acceptors (Lipinski definition) is 1. The third-order valence-corrected chi connectivity index (χ3v) is 5.17. The minimum atomic E-state index is -2.73. The van der Waals surface area contributed by atoms with E-state index in [1.165, 1.54) is 35.7 Å². The molecule has 0 amide bonds. The van der Waals surface area contributed by atoms with E-state index in [9.17, 15) is 8.78 Å². The maximum absolute atomic E-state index is 12.0. The Morgan fingerprint density at radius 3 is 2.19 bits per heavy atom. The summed E-state index contributed by atoms with van der Waals surface area (Å²) >= 11 is 0. The minimum Gasteiger partial charge on any atom is -0.435 e. The molecule has 1 saturated heterocycles. The van der Waals surface area contributed by atoms with E-state index in [1.54, 1.807) is 12.1 Å². The van der Waals surface area contributed by atoms with Crippen LogP contribution in [0.2, 0.25) is 0 Å². The molecule has 0 N–H and O–H groups in total. The second kappa shape index (κ2) is 5.53. The zero-order chi connectivity index (χ0) is 11.4. The highest BCUT2D eigenvalue weighted by Crippen LogP contribution is 2.24. The lowest BCUT2D eigenvalue weighted by atomic mass is 10.3. The normalized spacial score (nSPS) is 17.7. The van der Waals surface area contributed by atoms with Gasteiger partial charge in [-0.15, -0.1) is 0 Å². The lowest BCUT2D eigenvalue weighted by molar-refractivity contribution is -0.0498. The molecule has 1 aromatic carbocycles. The lowest BCUT2D eigenvalue weighted by Gasteiger charge is -2.13. The summed E-state index contributed by atoms with van der Waals surface area (Å²) in [4.78, 5) is 1.28. The molecule has 4 heteroatoms. The van der Waals surface area contributed by atoms with Gasteiger partial charge in [-0.25, -0.2) is 0 Å². The Morgan fingerprint density at radius 2 is 1.62 bits per heavy atom. The molecule has 0 aromatic heterocycles. The van der Waals surface area contributed by atoms with Gasteiger partial charge in [0.25, 0.3) is 0 Å². The smallest absolute Gasteiger partial charge is 0.387 e. The molecule has 0 bridgehead atoms. The van der Waals surface area contributed by atoms with Crippen molar-refractivity contribution in [2.24, 2.45) is 0 Å². The topological polar surface area (TPSA) is 9.23 Å². The fourth-order valence-corrected chi connectivity index (χ4v) is 4.18. The molecular weight excluding hydrogens is 230 g/mol. The first-order valence-corrected chi connectivity index (χ1v) is 7.04. The van der Waals surface area contributed by atoms with Gasteiger partial charge in [-0.3, -0.25) is 0 Å². The molecule has 16 heavy (non-hydrogen) atoms. The molecule has 1 aromatic rings. The summed E-state index contributed by atoms with van der Waals surface area (Å²) in [5.41, 5.74) is 0. The van der Waals surface area contributed by atoms with E-state index in [0.29, 0.717) is 10.9 Å². The van der Waals surface area contributed by atoms with E-state index in [4.69, 9.17) is 0 Å². The van der Waals surface area contributed by atoms with Crippen molar-refractivity contribution in [1.82, 2.24) is 0 Å². The van der Waals surface area contributed by atoms with E-state index in [0.717, 1.165) is 0 Å². The quantitative estimate of drug-likeness (QED) is 0.741. The van der Waals surface area contributed by atoms with Crippen molar-refractivity contribution in [3.63, 3.8) is 0 Å². The van der Waals surface area contributed by atoms with E-state index >= 15 is 0 Å². The molecule has 2 rings (SSSR count). The largest absolute Gasteiger partial charge is 0.435 e. The Morgan fingerprint density at radius 1 is 1.00 bits per heavy atom. The van der Waals surface area contributed by atoms with Gasteiger partial charge in [0, 0.05) is 10.9 Å². The highest BCUT2D eigenvalue weighted by atomic mass is 32.2. The first-order chi connectivity index (χ1) is 7.75. The summed E-state index contributed by atoms with van der Waals surface area (Å²) in [5, 5.41) is 0. The molecule has 0 aliphatic carbocycles. The van der Waals surface area contributed by atoms with Crippen molar-refractivity contribution in [1.29, 1.82) is 0 Å². The van der Waals surface area contributed by atoms with Crippen molar-refractivity contribution < 1.29 is 13.5 Å². The van der Waals surface area contributed by atoms with Crippen molar-refractivity contribution in [2.75, 3.05) is 11.5 Å². The molecule has 1 heterocycles. The zero-order valence-corrected chi connectivity index (χ0v) is 9.81. The predicted octanol–water partition coefficient (Wildman–Crippen LogP) is 3.45. The highest BCUT2D eigenvalue weighted by molar-refractivity contribution is 7.96. The van der Waals surface area contributed by atoms with E-state index in [-0.39, 0.29) is 5.75 Å². The fourth-order valence-electron chi connectivity index (χ4n) is 1.88. The van der Waals surface area contributed by atoms with Crippen LogP contribution in [0.4, 0.5) is 8.78 Å². The van der Waals surface area contributed by atoms with Gasteiger partial charge in [0.1, 0.15) is 17.3 Å². The SMILES string of the molecule is FC(F)Oc1ccc([S+]2CCCCC2)cc1. The van der Waals surface area contributed by atoms with Crippen molar-refractivity contribution in [3.05, 3.63) is 24.3 Å². The molecule has 1 aliphatic rings. The maximum Gasteiger partial charge on any atom is 0.387 e. The summed E-state index contributed by atoms with van der Waals surface area (Å²) in [6.45, 7) is -2.73. The number of ether oxygens (including phenoxy) is 1. The van der Waals surface area contributed by atoms with Crippen molar-refractivity contribution in [3.8, 4) is 5.75 Å². The maximum atomic E-state index is 12.0. The molecule has 0 spiro atoms. The molecule has 1 aliphatic heterocycles. The number of halogens is 2. The molecule has 0 radical (unpaired) electrons. The summed E-state index contributed by atoms with van der Waals surface area (Å²) in [6.07, 6.45) is 3.91. The Labute approximate surface area is 97.2 Å². The average molecular weight is 245 g/mol. The van der Waals surface area contributed by atoms with Gasteiger partial charge in [-0.2, -0.15) is 8.78 Å². The summed E-state index contributed by atoms with van der Waals surface area (Å²) in [5.74, 6) is 2.74. The van der Waals surface area contributed by atoms with Crippen LogP contribution < -0.4 is 4.74 Å². The van der Waals surface area contributed by atoms with E-state index < -0.39 is 6.61 Å². The Balaban J connectivity index is 2.00. The van der Waals surface area contributed by atoms with Gasteiger partial charge in [-0.05, 0) is 43.5 Å². The molecule has 1 nitrogen and oxygen atoms in total. The van der Waals surface area contributed by atoms with Crippen LogP contribution in [-0.2, 0) is 10.9 Å². The van der Waals surface area contributed by atoms with Crippen LogP contribution >= 0.6 is 0 Å². The molecular formula is C12H15F2OS+. The third kappa shape index (κ3) is 3.11. The molecule has 0 saturated carbocycles. The van der Waals surface area contributed by atoms with Crippen molar-refractivity contribution >= 4 is 10.9 Å². The molecule has 0 unspecified atom stereocenters. The van der Waals surface area contributed by atoms with Crippen LogP contribution in [0.15, 0.2) is 29.2 Å². The second-order valence-corrected chi connectivity index (χ2v) is 6.09. The Bertz CT molecular complexity index is 320. The van der Waals surface area contributed by atoms with Crippen LogP contribution in [0.1, 0.15) is 19.3 Å². The van der Waals surface area contributed by atoms with Gasteiger partial charge in [0.05, 0.1) is 0 Å². The fraction of sp³-hybridized carbons (Fsp3) is 0.500. The van der Waals surface area contributed by atoms with E-state index in [1.807, 2.05) is 12.1 Å². The van der Waals surface area contributed by atoms with Crippen LogP contribution in [0.3, 0.4) is 0 Å². The summed E-state index contributed by atoms with van der Waals surface area (Å²) in [6, 6.07) is 7.13. The summed E-state index contributed by atoms with van der Waals surface area (Å²) < 4.78 is 28.2. The third-order valence-electron chi connectivity index (χ3n) is 2.66. The number of hydrogen-bond donors (Lipinski definition) is 0. The average Bonchev–Trinajstić information content (AvgIpc) is 2.30. The first kappa shape index (κ1) is 11.7. The zero-order valence-electron chi connectivity index (χ0n) is 8.99. The molecule has 88 valence electrons. The summed E-state index contributed by atoms with van der Waals surface area (Å²) in [7, 11) is 0.328. The Hall–Kier alpha value is -0.770. The van der Waals surface area contributed by atoms with Crippen molar-refractivity contribution in [2.45, 2.75) is 30.8 Å². The number of rotatable bonds is 3. The standard InChI is InChI=1S/C12H15F2OS/c13-12(14)15-10-4-6-11(7-5-10)16-8-2-1-3-9-16/h4-7,12H,1-3,8-9H2/q+1. The van der Waals surface area contributed by atoms with Crippen LogP contribution in [0.25, 0.3) is 0 Å². The second-order valence-electron chi connectivity index (χ2n) is 3.81. The van der Waals surface area contributed by atoms with Gasteiger partial charge >= 0.3 is 6.61 Å². The van der Waals surface area contributed by atoms with Crippen LogP contribution in [0, 0.1) is 0 Å². The first-order valence-electron chi connectivity index (χ1n) is 5.48. The molecule has 0 atom stereocenters. The predicted molar refractivity (Wildman–Crippen MR) is 62.3 cm³/mol. The van der Waals surface area contributed by atoms with Gasteiger partial charge < -0.3 is 4.74 Å². The molecule has 1 fully saturated rings.